The van der Waals surface area contributed by atoms with Gasteiger partial charge in [-0.2, -0.15) is 4.98 Å². The van der Waals surface area contributed by atoms with Gasteiger partial charge >= 0.3 is 5.97 Å². The predicted octanol–water partition coefficient (Wildman–Crippen LogP) is 5.84. The predicted molar refractivity (Wildman–Crippen MR) is 138 cm³/mol. The minimum Gasteiger partial charge on any atom is -0.481 e. The molecule has 0 aliphatic heterocycles. The van der Waals surface area contributed by atoms with Gasteiger partial charge in [0.05, 0.1) is 12.1 Å². The number of carboxylic acids is 1. The second-order valence-corrected chi connectivity index (χ2v) is 9.09. The maximum atomic E-state index is 10.9. The fourth-order valence-electron chi connectivity index (χ4n) is 3.48. The maximum Gasteiger partial charge on any atom is 0.307 e. The molecular weight excluding hydrogens is 484 g/mol. The first-order valence-corrected chi connectivity index (χ1v) is 11.9. The molecule has 0 spiro atoms. The lowest BCUT2D eigenvalue weighted by Gasteiger charge is -2.11. The first-order chi connectivity index (χ1) is 17.0. The van der Waals surface area contributed by atoms with Gasteiger partial charge in [-0.25, -0.2) is 15.0 Å². The Hall–Kier alpha value is -4.08. The van der Waals surface area contributed by atoms with Crippen molar-refractivity contribution in [3.8, 4) is 0 Å². The summed E-state index contributed by atoms with van der Waals surface area (Å²) in [5.74, 6) is 0.126. The molecule has 0 saturated heterocycles. The summed E-state index contributed by atoms with van der Waals surface area (Å²) in [5, 5.41) is 16.5. The average molecular weight is 503 g/mol. The highest BCUT2D eigenvalue weighted by atomic mass is 35.5. The van der Waals surface area contributed by atoms with Gasteiger partial charge in [0.25, 0.3) is 0 Å². The monoisotopic (exact) mass is 502 g/mol. The van der Waals surface area contributed by atoms with Crippen molar-refractivity contribution >= 4 is 61.8 Å². The van der Waals surface area contributed by atoms with Crippen molar-refractivity contribution < 1.29 is 9.90 Å². The quantitative estimate of drug-likeness (QED) is 0.227. The number of anilines is 4. The molecule has 0 saturated carbocycles. The van der Waals surface area contributed by atoms with E-state index in [1.165, 1.54) is 11.3 Å². The molecule has 8 nitrogen and oxygen atoms in total. The summed E-state index contributed by atoms with van der Waals surface area (Å²) in [7, 11) is 0. The molecule has 0 radical (unpaired) electrons. The van der Waals surface area contributed by atoms with E-state index in [9.17, 15) is 4.79 Å². The number of hydrogen-bond acceptors (Lipinski definition) is 8. The number of thiazole rings is 1. The molecule has 174 valence electrons. The molecule has 0 aliphatic carbocycles. The topological polar surface area (TPSA) is 113 Å². The van der Waals surface area contributed by atoms with Crippen molar-refractivity contribution in [3.05, 3.63) is 94.8 Å². The lowest BCUT2D eigenvalue weighted by Crippen LogP contribution is -2.05. The molecule has 3 heterocycles. The summed E-state index contributed by atoms with van der Waals surface area (Å²) in [6.45, 7) is 0. The molecule has 5 aromatic rings. The van der Waals surface area contributed by atoms with Crippen LogP contribution in [0, 0.1) is 0 Å². The summed E-state index contributed by atoms with van der Waals surface area (Å²) < 4.78 is 0. The Balaban J connectivity index is 1.43. The molecule has 5 rings (SSSR count). The van der Waals surface area contributed by atoms with Crippen LogP contribution in [0.1, 0.15) is 16.8 Å². The molecular formula is C25H19ClN6O2S. The van der Waals surface area contributed by atoms with Gasteiger partial charge in [0.15, 0.2) is 5.13 Å². The number of carboxylic acid groups (broad SMARTS) is 1. The Bertz CT molecular complexity index is 1490. The molecule has 0 bridgehead atoms. The summed E-state index contributed by atoms with van der Waals surface area (Å²) in [6, 6.07) is 22.6. The fraction of sp³-hybridized carbons (Fsp3) is 0.0800. The lowest BCUT2D eigenvalue weighted by atomic mass is 10.1. The number of rotatable bonds is 8. The van der Waals surface area contributed by atoms with Crippen molar-refractivity contribution in [2.45, 2.75) is 12.8 Å². The highest BCUT2D eigenvalue weighted by Crippen LogP contribution is 2.28. The van der Waals surface area contributed by atoms with Crippen LogP contribution in [-0.2, 0) is 17.6 Å². The van der Waals surface area contributed by atoms with Crippen LogP contribution >= 0.6 is 22.9 Å². The van der Waals surface area contributed by atoms with Crippen LogP contribution < -0.4 is 10.6 Å². The maximum absolute atomic E-state index is 10.9. The van der Waals surface area contributed by atoms with E-state index >= 15 is 0 Å². The Labute approximate surface area is 209 Å². The summed E-state index contributed by atoms with van der Waals surface area (Å²) in [6.07, 6.45) is 0.598. The number of nitrogens with zero attached hydrogens (tertiary/aromatic N) is 4. The number of benzene rings is 2. The largest absolute Gasteiger partial charge is 0.481 e. The summed E-state index contributed by atoms with van der Waals surface area (Å²) >= 11 is 7.39. The number of hydrogen-bond donors (Lipinski definition) is 3. The zero-order valence-electron chi connectivity index (χ0n) is 18.3. The first-order valence-electron chi connectivity index (χ1n) is 10.7. The molecule has 10 heteroatoms. The van der Waals surface area contributed by atoms with Crippen molar-refractivity contribution in [2.75, 3.05) is 10.6 Å². The Kier molecular flexibility index (Phi) is 6.51. The van der Waals surface area contributed by atoms with Crippen LogP contribution in [0.15, 0.2) is 72.8 Å². The van der Waals surface area contributed by atoms with E-state index in [2.05, 4.69) is 30.6 Å². The van der Waals surface area contributed by atoms with Crippen LogP contribution in [-0.4, -0.2) is 31.0 Å². The number of pyridine rings is 1. The van der Waals surface area contributed by atoms with Crippen LogP contribution in [0.25, 0.3) is 10.3 Å². The molecule has 0 amide bonds. The highest BCUT2D eigenvalue weighted by Gasteiger charge is 2.11. The Morgan fingerprint density at radius 2 is 1.69 bits per heavy atom. The average Bonchev–Trinajstić information content (AvgIpc) is 3.22. The van der Waals surface area contributed by atoms with Crippen molar-refractivity contribution in [3.63, 3.8) is 0 Å². The van der Waals surface area contributed by atoms with Gasteiger partial charge in [-0.1, -0.05) is 65.4 Å². The standard InChI is InChI=1S/C25H19ClN6O2S/c26-20-11-10-19-23(30-20)35-25(29-19)32-21-14-18(12-15-4-2-1-3-5-15)28-24(31-21)27-17-8-6-16(7-9-17)13-22(33)34/h1-11,14H,12-13H2,(H,33,34)(H2,27,28,29,31,32). The molecule has 2 aromatic carbocycles. The molecule has 0 atom stereocenters. The first kappa shape index (κ1) is 22.7. The van der Waals surface area contributed by atoms with Crippen molar-refractivity contribution in [2.24, 2.45) is 0 Å². The lowest BCUT2D eigenvalue weighted by molar-refractivity contribution is -0.136. The summed E-state index contributed by atoms with van der Waals surface area (Å²) in [4.78, 5) is 29.9. The van der Waals surface area contributed by atoms with Gasteiger partial charge in [0.1, 0.15) is 21.3 Å². The van der Waals surface area contributed by atoms with E-state index < -0.39 is 5.97 Å². The van der Waals surface area contributed by atoms with Gasteiger partial charge in [0, 0.05) is 18.2 Å². The molecule has 0 fully saturated rings. The van der Waals surface area contributed by atoms with Gasteiger partial charge in [-0.3, -0.25) is 4.79 Å². The van der Waals surface area contributed by atoms with E-state index in [1.54, 1.807) is 18.2 Å². The zero-order valence-corrected chi connectivity index (χ0v) is 19.8. The van der Waals surface area contributed by atoms with Gasteiger partial charge in [-0.15, -0.1) is 0 Å². The van der Waals surface area contributed by atoms with E-state index in [4.69, 9.17) is 16.7 Å². The molecule has 0 aliphatic rings. The van der Waals surface area contributed by atoms with Gasteiger partial charge < -0.3 is 15.7 Å². The molecule has 3 aromatic heterocycles. The number of carbonyl (C=O) groups is 1. The van der Waals surface area contributed by atoms with Crippen LogP contribution in [0.2, 0.25) is 5.15 Å². The number of halogens is 1. The van der Waals surface area contributed by atoms with Gasteiger partial charge in [0.2, 0.25) is 5.95 Å². The number of fused-ring (bicyclic) bond motifs is 1. The van der Waals surface area contributed by atoms with Crippen molar-refractivity contribution in [1.82, 2.24) is 19.9 Å². The van der Waals surface area contributed by atoms with E-state index in [-0.39, 0.29) is 6.42 Å². The molecule has 0 unspecified atom stereocenters. The third-order valence-electron chi connectivity index (χ3n) is 5.03. The number of aliphatic carboxylic acids is 1. The van der Waals surface area contributed by atoms with E-state index in [0.29, 0.717) is 34.0 Å². The second kappa shape index (κ2) is 10.0. The molecule has 3 N–H and O–H groups in total. The molecule has 35 heavy (non-hydrogen) atoms. The van der Waals surface area contributed by atoms with Crippen LogP contribution in [0.5, 0.6) is 0 Å². The van der Waals surface area contributed by atoms with E-state index in [1.807, 2.05) is 54.6 Å². The van der Waals surface area contributed by atoms with E-state index in [0.717, 1.165) is 27.3 Å². The third kappa shape index (κ3) is 5.89. The number of aromatic nitrogens is 4. The number of nitrogens with one attached hydrogen (secondary N) is 2. The van der Waals surface area contributed by atoms with Gasteiger partial charge in [-0.05, 0) is 35.4 Å². The minimum absolute atomic E-state index is 0.0281. The van der Waals surface area contributed by atoms with Crippen LogP contribution in [0.3, 0.4) is 0 Å². The zero-order chi connectivity index (χ0) is 24.2. The second-order valence-electron chi connectivity index (χ2n) is 7.73. The highest BCUT2D eigenvalue weighted by molar-refractivity contribution is 7.21. The summed E-state index contributed by atoms with van der Waals surface area (Å²) in [5.41, 5.74) is 4.16. The Morgan fingerprint density at radius 3 is 2.46 bits per heavy atom. The minimum atomic E-state index is -0.870. The SMILES string of the molecule is O=C(O)Cc1ccc(Nc2nc(Cc3ccccc3)cc(Nc3nc4ccc(Cl)nc4s3)n2)cc1. The third-order valence-corrected chi connectivity index (χ3v) is 6.12. The van der Waals surface area contributed by atoms with Crippen molar-refractivity contribution in [1.29, 1.82) is 0 Å². The Morgan fingerprint density at radius 1 is 0.886 bits per heavy atom. The van der Waals surface area contributed by atoms with Crippen LogP contribution in [0.4, 0.5) is 22.6 Å². The normalized spacial score (nSPS) is 10.9. The smallest absolute Gasteiger partial charge is 0.307 e. The fourth-order valence-corrected chi connectivity index (χ4v) is 4.52.